The van der Waals surface area contributed by atoms with Crippen LogP contribution in [0.3, 0.4) is 0 Å². The molecule has 5 heteroatoms. The second kappa shape index (κ2) is 7.71. The molecule has 0 aliphatic carbocycles. The Morgan fingerprint density at radius 1 is 1.43 bits per heavy atom. The highest BCUT2D eigenvalue weighted by Crippen LogP contribution is 2.28. The largest absolute Gasteiger partial charge is 0.496 e. The fraction of sp³-hybridized carbons (Fsp3) is 0.562. The maximum absolute atomic E-state index is 12.4. The van der Waals surface area contributed by atoms with Gasteiger partial charge in [-0.15, -0.1) is 11.8 Å². The van der Waals surface area contributed by atoms with Crippen LogP contribution in [0.2, 0.25) is 0 Å². The number of nitrogens with zero attached hydrogens (tertiary/aromatic N) is 1. The zero-order valence-corrected chi connectivity index (χ0v) is 13.8. The summed E-state index contributed by atoms with van der Waals surface area (Å²) in [6, 6.07) is 6.15. The first kappa shape index (κ1) is 16.2. The topological polar surface area (TPSA) is 41.6 Å². The molecule has 1 aliphatic rings. The van der Waals surface area contributed by atoms with Gasteiger partial charge in [-0.1, -0.05) is 6.07 Å². The average Bonchev–Trinajstić information content (AvgIpc) is 2.54. The molecular formula is C16H24N2O2S. The van der Waals surface area contributed by atoms with E-state index in [0.717, 1.165) is 42.1 Å². The Hall–Kier alpha value is -1.20. The molecule has 1 N–H and O–H groups in total. The lowest BCUT2D eigenvalue weighted by Crippen LogP contribution is -2.38. The number of rotatable bonds is 5. The third kappa shape index (κ3) is 4.14. The molecule has 0 spiro atoms. The van der Waals surface area contributed by atoms with Crippen LogP contribution < -0.4 is 10.1 Å². The van der Waals surface area contributed by atoms with Crippen molar-refractivity contribution in [3.8, 4) is 5.75 Å². The Balaban J connectivity index is 2.01. The highest BCUT2D eigenvalue weighted by Gasteiger charge is 2.23. The molecule has 0 bridgehead atoms. The third-order valence-electron chi connectivity index (χ3n) is 3.93. The fourth-order valence-electron chi connectivity index (χ4n) is 2.71. The lowest BCUT2D eigenvalue weighted by Gasteiger charge is -2.27. The van der Waals surface area contributed by atoms with Crippen molar-refractivity contribution in [3.63, 3.8) is 0 Å². The van der Waals surface area contributed by atoms with Gasteiger partial charge in [-0.2, -0.15) is 0 Å². The normalized spacial score (nSPS) is 15.8. The number of carbonyl (C=O) groups is 1. The quantitative estimate of drug-likeness (QED) is 0.848. The van der Waals surface area contributed by atoms with Crippen molar-refractivity contribution in [2.75, 3.05) is 33.5 Å². The molecule has 0 atom stereocenters. The van der Waals surface area contributed by atoms with Gasteiger partial charge in [0, 0.05) is 24.4 Å². The van der Waals surface area contributed by atoms with Gasteiger partial charge in [-0.05, 0) is 49.9 Å². The molecule has 21 heavy (non-hydrogen) atoms. The standard InChI is InChI=1S/C16H24N2O2S/c1-18(16(19)13-6-8-17-9-7-13)11-12-4-5-15(21-3)14(10-12)20-2/h4-5,10,13,17H,6-9,11H2,1-3H3. The predicted molar refractivity (Wildman–Crippen MR) is 86.8 cm³/mol. The van der Waals surface area contributed by atoms with E-state index in [0.29, 0.717) is 6.54 Å². The average molecular weight is 308 g/mol. The number of hydrogen-bond acceptors (Lipinski definition) is 4. The van der Waals surface area contributed by atoms with E-state index >= 15 is 0 Å². The SMILES string of the molecule is COc1cc(CN(C)C(=O)C2CCNCC2)ccc1SC. The minimum absolute atomic E-state index is 0.170. The van der Waals surface area contributed by atoms with E-state index in [1.807, 2.05) is 24.3 Å². The van der Waals surface area contributed by atoms with Crippen molar-refractivity contribution in [2.45, 2.75) is 24.3 Å². The molecule has 0 aromatic heterocycles. The molecule has 1 fully saturated rings. The summed E-state index contributed by atoms with van der Waals surface area (Å²) in [7, 11) is 3.57. The van der Waals surface area contributed by atoms with Crippen molar-refractivity contribution in [1.29, 1.82) is 0 Å². The van der Waals surface area contributed by atoms with Crippen LogP contribution in [0.15, 0.2) is 23.1 Å². The van der Waals surface area contributed by atoms with E-state index in [1.165, 1.54) is 0 Å². The van der Waals surface area contributed by atoms with Gasteiger partial charge >= 0.3 is 0 Å². The predicted octanol–water partition coefficient (Wildman–Crippen LogP) is 2.38. The number of ether oxygens (including phenoxy) is 1. The van der Waals surface area contributed by atoms with Gasteiger partial charge in [0.2, 0.25) is 5.91 Å². The highest BCUT2D eigenvalue weighted by molar-refractivity contribution is 7.98. The molecule has 0 saturated carbocycles. The Labute approximate surface area is 131 Å². The van der Waals surface area contributed by atoms with Crippen molar-refractivity contribution >= 4 is 17.7 Å². The summed E-state index contributed by atoms with van der Waals surface area (Å²) in [5.74, 6) is 1.30. The molecule has 4 nitrogen and oxygen atoms in total. The Bertz CT molecular complexity index is 487. The molecule has 1 aliphatic heterocycles. The summed E-state index contributed by atoms with van der Waals surface area (Å²) in [6.45, 7) is 2.52. The molecule has 1 heterocycles. The van der Waals surface area contributed by atoms with Gasteiger partial charge in [0.15, 0.2) is 0 Å². The molecule has 0 radical (unpaired) electrons. The Kier molecular flexibility index (Phi) is 5.94. The smallest absolute Gasteiger partial charge is 0.225 e. The zero-order valence-electron chi connectivity index (χ0n) is 13.0. The van der Waals surface area contributed by atoms with Crippen molar-refractivity contribution in [2.24, 2.45) is 5.92 Å². The maximum Gasteiger partial charge on any atom is 0.225 e. The minimum Gasteiger partial charge on any atom is -0.496 e. The molecule has 2 rings (SSSR count). The number of benzene rings is 1. The van der Waals surface area contributed by atoms with E-state index in [1.54, 1.807) is 18.9 Å². The minimum atomic E-state index is 0.170. The van der Waals surface area contributed by atoms with E-state index in [2.05, 4.69) is 17.4 Å². The first-order valence-electron chi connectivity index (χ1n) is 7.32. The third-order valence-corrected chi connectivity index (χ3v) is 4.71. The van der Waals surface area contributed by atoms with Crippen LogP contribution >= 0.6 is 11.8 Å². The van der Waals surface area contributed by atoms with E-state index < -0.39 is 0 Å². The lowest BCUT2D eigenvalue weighted by atomic mass is 9.96. The second-order valence-electron chi connectivity index (χ2n) is 5.41. The van der Waals surface area contributed by atoms with Gasteiger partial charge in [-0.25, -0.2) is 0 Å². The number of methoxy groups -OCH3 is 1. The van der Waals surface area contributed by atoms with Gasteiger partial charge in [0.1, 0.15) is 5.75 Å². The first-order chi connectivity index (χ1) is 10.2. The molecule has 0 unspecified atom stereocenters. The molecule has 1 aromatic rings. The maximum atomic E-state index is 12.4. The summed E-state index contributed by atoms with van der Waals surface area (Å²) in [4.78, 5) is 15.4. The highest BCUT2D eigenvalue weighted by atomic mass is 32.2. The summed E-state index contributed by atoms with van der Waals surface area (Å²) in [5.41, 5.74) is 1.11. The fourth-order valence-corrected chi connectivity index (χ4v) is 3.26. The lowest BCUT2D eigenvalue weighted by molar-refractivity contribution is -0.135. The van der Waals surface area contributed by atoms with E-state index in [4.69, 9.17) is 4.74 Å². The van der Waals surface area contributed by atoms with Crippen LogP contribution in [0.4, 0.5) is 0 Å². The Morgan fingerprint density at radius 2 is 2.14 bits per heavy atom. The van der Waals surface area contributed by atoms with Gasteiger partial charge in [0.05, 0.1) is 7.11 Å². The molecule has 116 valence electrons. The van der Waals surface area contributed by atoms with E-state index in [9.17, 15) is 4.79 Å². The van der Waals surface area contributed by atoms with Gasteiger partial charge in [0.25, 0.3) is 0 Å². The van der Waals surface area contributed by atoms with Crippen molar-refractivity contribution in [3.05, 3.63) is 23.8 Å². The molecule has 1 saturated heterocycles. The summed E-state index contributed by atoms with van der Waals surface area (Å²) < 4.78 is 5.40. The monoisotopic (exact) mass is 308 g/mol. The van der Waals surface area contributed by atoms with Crippen molar-refractivity contribution in [1.82, 2.24) is 10.2 Å². The number of carbonyl (C=O) groups excluding carboxylic acids is 1. The number of thioether (sulfide) groups is 1. The van der Waals surface area contributed by atoms with Crippen LogP contribution in [0.25, 0.3) is 0 Å². The summed E-state index contributed by atoms with van der Waals surface area (Å²) in [6.07, 6.45) is 3.92. The van der Waals surface area contributed by atoms with Crippen LogP contribution in [-0.2, 0) is 11.3 Å². The van der Waals surface area contributed by atoms with Crippen LogP contribution in [-0.4, -0.2) is 44.3 Å². The van der Waals surface area contributed by atoms with Crippen molar-refractivity contribution < 1.29 is 9.53 Å². The second-order valence-corrected chi connectivity index (χ2v) is 6.26. The van der Waals surface area contributed by atoms with Crippen LogP contribution in [0.5, 0.6) is 5.75 Å². The first-order valence-corrected chi connectivity index (χ1v) is 8.54. The van der Waals surface area contributed by atoms with E-state index in [-0.39, 0.29) is 11.8 Å². The number of amides is 1. The van der Waals surface area contributed by atoms with Gasteiger partial charge < -0.3 is 15.0 Å². The number of hydrogen-bond donors (Lipinski definition) is 1. The van der Waals surface area contributed by atoms with Crippen LogP contribution in [0.1, 0.15) is 18.4 Å². The zero-order chi connectivity index (χ0) is 15.2. The van der Waals surface area contributed by atoms with Gasteiger partial charge in [-0.3, -0.25) is 4.79 Å². The molecule has 1 amide bonds. The summed E-state index contributed by atoms with van der Waals surface area (Å²) >= 11 is 1.66. The van der Waals surface area contributed by atoms with Crippen LogP contribution in [0, 0.1) is 5.92 Å². The Morgan fingerprint density at radius 3 is 2.76 bits per heavy atom. The summed E-state index contributed by atoms with van der Waals surface area (Å²) in [5, 5.41) is 3.30. The number of nitrogens with one attached hydrogen (secondary N) is 1. The number of piperidine rings is 1. The molecule has 1 aromatic carbocycles. The molecular weight excluding hydrogens is 284 g/mol.